The van der Waals surface area contributed by atoms with Crippen molar-refractivity contribution in [2.75, 3.05) is 40.4 Å². The van der Waals surface area contributed by atoms with Crippen LogP contribution in [0, 0.1) is 0 Å². The molecular formula is C11H25N2O2P. The third kappa shape index (κ3) is 5.07. The van der Waals surface area contributed by atoms with Gasteiger partial charge in [-0.3, -0.25) is 0 Å². The maximum Gasteiger partial charge on any atom is 0.258 e. The van der Waals surface area contributed by atoms with E-state index in [0.717, 1.165) is 39.1 Å². The van der Waals surface area contributed by atoms with Crippen molar-refractivity contribution in [1.82, 2.24) is 9.57 Å². The first-order chi connectivity index (χ1) is 7.61. The molecule has 0 aromatic carbocycles. The summed E-state index contributed by atoms with van der Waals surface area (Å²) in [5.74, 6) is 0. The van der Waals surface area contributed by atoms with Crippen molar-refractivity contribution in [2.24, 2.45) is 0 Å². The van der Waals surface area contributed by atoms with Gasteiger partial charge in [0.05, 0.1) is 13.2 Å². The lowest BCUT2D eigenvalue weighted by Crippen LogP contribution is -2.32. The zero-order valence-electron chi connectivity index (χ0n) is 11.0. The molecule has 1 heterocycles. The maximum absolute atomic E-state index is 5.85. The largest absolute Gasteiger partial charge is 0.322 e. The van der Waals surface area contributed by atoms with Gasteiger partial charge < -0.3 is 13.9 Å². The molecule has 1 unspecified atom stereocenters. The molecule has 0 aromatic rings. The van der Waals surface area contributed by atoms with Crippen molar-refractivity contribution in [2.45, 2.75) is 32.7 Å². The molecule has 0 N–H and O–H groups in total. The van der Waals surface area contributed by atoms with Crippen LogP contribution >= 0.6 is 8.53 Å². The third-order valence-electron chi connectivity index (χ3n) is 2.49. The fraction of sp³-hybridized carbons (Fsp3) is 1.00. The Labute approximate surface area is 101 Å². The minimum Gasteiger partial charge on any atom is -0.322 e. The van der Waals surface area contributed by atoms with E-state index in [2.05, 4.69) is 37.5 Å². The van der Waals surface area contributed by atoms with E-state index in [9.17, 15) is 0 Å². The molecule has 1 aliphatic heterocycles. The average Bonchev–Trinajstić information content (AvgIpc) is 2.24. The standard InChI is InChI=1S/C11H25N2O2P/c1-11(2)13-8-6-10-15-16(13)14-9-5-7-12(3)4/h11H,5-10H2,1-4H3. The molecule has 1 saturated heterocycles. The summed E-state index contributed by atoms with van der Waals surface area (Å²) in [5, 5.41) is 0. The summed E-state index contributed by atoms with van der Waals surface area (Å²) in [6.45, 7) is 8.23. The lowest BCUT2D eigenvalue weighted by Gasteiger charge is -2.36. The predicted molar refractivity (Wildman–Crippen MR) is 68.5 cm³/mol. The van der Waals surface area contributed by atoms with Crippen LogP contribution in [0.3, 0.4) is 0 Å². The Hall–Kier alpha value is 0.270. The molecule has 1 fully saturated rings. The van der Waals surface area contributed by atoms with Gasteiger partial charge in [0.25, 0.3) is 8.53 Å². The fourth-order valence-corrected chi connectivity index (χ4v) is 3.23. The highest BCUT2D eigenvalue weighted by molar-refractivity contribution is 7.44. The summed E-state index contributed by atoms with van der Waals surface area (Å²) in [5.41, 5.74) is 0. The van der Waals surface area contributed by atoms with E-state index in [-0.39, 0.29) is 0 Å². The van der Waals surface area contributed by atoms with Gasteiger partial charge in [-0.15, -0.1) is 0 Å². The number of nitrogens with zero attached hydrogens (tertiary/aromatic N) is 2. The van der Waals surface area contributed by atoms with Crippen LogP contribution in [0.5, 0.6) is 0 Å². The van der Waals surface area contributed by atoms with Gasteiger partial charge >= 0.3 is 0 Å². The summed E-state index contributed by atoms with van der Waals surface area (Å²) in [7, 11) is 3.38. The quantitative estimate of drug-likeness (QED) is 0.532. The van der Waals surface area contributed by atoms with Crippen molar-refractivity contribution in [3.8, 4) is 0 Å². The Morgan fingerprint density at radius 2 is 2.19 bits per heavy atom. The Morgan fingerprint density at radius 1 is 1.44 bits per heavy atom. The molecule has 0 aromatic heterocycles. The van der Waals surface area contributed by atoms with E-state index >= 15 is 0 Å². The van der Waals surface area contributed by atoms with Crippen molar-refractivity contribution in [3.63, 3.8) is 0 Å². The van der Waals surface area contributed by atoms with Crippen LogP contribution in [-0.4, -0.2) is 56.0 Å². The van der Waals surface area contributed by atoms with Gasteiger partial charge in [-0.25, -0.2) is 4.67 Å². The molecule has 16 heavy (non-hydrogen) atoms. The van der Waals surface area contributed by atoms with E-state index in [0.29, 0.717) is 6.04 Å². The molecule has 5 heteroatoms. The number of rotatable bonds is 6. The first kappa shape index (κ1) is 14.3. The SMILES string of the molecule is CC(C)N1CCCOP1OCCCN(C)C. The Bertz CT molecular complexity index is 191. The van der Waals surface area contributed by atoms with E-state index in [1.54, 1.807) is 0 Å². The first-order valence-electron chi connectivity index (χ1n) is 6.08. The molecule has 1 aliphatic rings. The Balaban J connectivity index is 2.22. The van der Waals surface area contributed by atoms with Crippen LogP contribution in [-0.2, 0) is 9.05 Å². The average molecular weight is 248 g/mol. The molecule has 0 spiro atoms. The topological polar surface area (TPSA) is 24.9 Å². The van der Waals surface area contributed by atoms with Crippen molar-refractivity contribution in [3.05, 3.63) is 0 Å². The van der Waals surface area contributed by atoms with Gasteiger partial charge in [0.2, 0.25) is 0 Å². The van der Waals surface area contributed by atoms with Crippen LogP contribution in [0.25, 0.3) is 0 Å². The summed E-state index contributed by atoms with van der Waals surface area (Å²) in [6.07, 6.45) is 2.19. The molecular weight excluding hydrogens is 223 g/mol. The highest BCUT2D eigenvalue weighted by Gasteiger charge is 2.27. The monoisotopic (exact) mass is 248 g/mol. The second-order valence-corrected chi connectivity index (χ2v) is 6.18. The van der Waals surface area contributed by atoms with Crippen molar-refractivity contribution < 1.29 is 9.05 Å². The van der Waals surface area contributed by atoms with E-state index in [1.165, 1.54) is 0 Å². The summed E-state index contributed by atoms with van der Waals surface area (Å²) >= 11 is 0. The van der Waals surface area contributed by atoms with Gasteiger partial charge in [-0.05, 0) is 47.3 Å². The first-order valence-corrected chi connectivity index (χ1v) is 7.21. The molecule has 0 aliphatic carbocycles. The highest BCUT2D eigenvalue weighted by Crippen LogP contribution is 2.46. The molecule has 96 valence electrons. The van der Waals surface area contributed by atoms with Crippen molar-refractivity contribution in [1.29, 1.82) is 0 Å². The Kier molecular flexibility index (Phi) is 6.78. The summed E-state index contributed by atoms with van der Waals surface area (Å²) in [4.78, 5) is 2.18. The second-order valence-electron chi connectivity index (χ2n) is 4.67. The zero-order valence-corrected chi connectivity index (χ0v) is 11.9. The predicted octanol–water partition coefficient (Wildman–Crippen LogP) is 2.31. The van der Waals surface area contributed by atoms with E-state index < -0.39 is 8.53 Å². The van der Waals surface area contributed by atoms with Crippen molar-refractivity contribution >= 4 is 8.53 Å². The summed E-state index contributed by atoms with van der Waals surface area (Å²) in [6, 6.07) is 0.514. The van der Waals surface area contributed by atoms with Crippen LogP contribution < -0.4 is 0 Å². The van der Waals surface area contributed by atoms with Crippen LogP contribution in [0.1, 0.15) is 26.7 Å². The van der Waals surface area contributed by atoms with Crippen LogP contribution in [0.15, 0.2) is 0 Å². The van der Waals surface area contributed by atoms with Crippen LogP contribution in [0.4, 0.5) is 0 Å². The Morgan fingerprint density at radius 3 is 2.81 bits per heavy atom. The molecule has 1 rings (SSSR count). The number of hydrogen-bond donors (Lipinski definition) is 0. The van der Waals surface area contributed by atoms with Gasteiger partial charge in [0, 0.05) is 12.6 Å². The van der Waals surface area contributed by atoms with Gasteiger partial charge in [0.15, 0.2) is 0 Å². The maximum atomic E-state index is 5.85. The second kappa shape index (κ2) is 7.57. The molecule has 0 radical (unpaired) electrons. The smallest absolute Gasteiger partial charge is 0.258 e. The lowest BCUT2D eigenvalue weighted by molar-refractivity contribution is 0.149. The minimum absolute atomic E-state index is 0.514. The fourth-order valence-electron chi connectivity index (χ4n) is 1.61. The van der Waals surface area contributed by atoms with Gasteiger partial charge in [0.1, 0.15) is 0 Å². The van der Waals surface area contributed by atoms with Gasteiger partial charge in [-0.2, -0.15) is 0 Å². The number of hydrogen-bond acceptors (Lipinski definition) is 4. The van der Waals surface area contributed by atoms with E-state index in [1.807, 2.05) is 0 Å². The molecule has 0 saturated carbocycles. The zero-order chi connectivity index (χ0) is 12.0. The lowest BCUT2D eigenvalue weighted by atomic mass is 10.3. The summed E-state index contributed by atoms with van der Waals surface area (Å²) < 4.78 is 13.9. The highest BCUT2D eigenvalue weighted by atomic mass is 31.2. The van der Waals surface area contributed by atoms with E-state index in [4.69, 9.17) is 9.05 Å². The molecule has 0 bridgehead atoms. The molecule has 4 nitrogen and oxygen atoms in total. The van der Waals surface area contributed by atoms with Gasteiger partial charge in [-0.1, -0.05) is 0 Å². The van der Waals surface area contributed by atoms with Crippen LogP contribution in [0.2, 0.25) is 0 Å². The molecule has 0 amide bonds. The normalized spacial score (nSPS) is 23.2. The third-order valence-corrected chi connectivity index (χ3v) is 4.38. The minimum atomic E-state index is -0.791. The molecule has 1 atom stereocenters.